The van der Waals surface area contributed by atoms with Crippen LogP contribution in [0, 0.1) is 11.3 Å². The number of halogens is 1. The Morgan fingerprint density at radius 3 is 2.81 bits per heavy atom. The summed E-state index contributed by atoms with van der Waals surface area (Å²) in [6, 6.07) is 11.6. The van der Waals surface area contributed by atoms with Gasteiger partial charge < -0.3 is 5.11 Å². The molecular weight excluding hydrogens is 290 g/mol. The van der Waals surface area contributed by atoms with Gasteiger partial charge in [-0.1, -0.05) is 11.6 Å². The van der Waals surface area contributed by atoms with E-state index < -0.39 is 5.97 Å². The Bertz CT molecular complexity index is 909. The Labute approximate surface area is 124 Å². The molecule has 5 nitrogen and oxygen atoms in total. The maximum atomic E-state index is 11.1. The molecule has 1 aromatic heterocycles. The van der Waals surface area contributed by atoms with Gasteiger partial charge in [0.1, 0.15) is 6.33 Å². The van der Waals surface area contributed by atoms with Crippen molar-refractivity contribution in [1.82, 2.24) is 9.55 Å². The second-order valence-electron chi connectivity index (χ2n) is 4.40. The monoisotopic (exact) mass is 297 g/mol. The first-order chi connectivity index (χ1) is 10.1. The Hall–Kier alpha value is -2.84. The first-order valence-corrected chi connectivity index (χ1v) is 6.38. The van der Waals surface area contributed by atoms with E-state index in [1.807, 2.05) is 6.07 Å². The highest BCUT2D eigenvalue weighted by atomic mass is 35.5. The van der Waals surface area contributed by atoms with Gasteiger partial charge >= 0.3 is 5.97 Å². The molecule has 0 saturated carbocycles. The Morgan fingerprint density at radius 2 is 2.10 bits per heavy atom. The van der Waals surface area contributed by atoms with Crippen molar-refractivity contribution in [2.75, 3.05) is 0 Å². The van der Waals surface area contributed by atoms with Crippen LogP contribution in [0.5, 0.6) is 0 Å². The lowest BCUT2D eigenvalue weighted by molar-refractivity contribution is 0.0697. The summed E-state index contributed by atoms with van der Waals surface area (Å²) in [5.74, 6) is -1.01. The van der Waals surface area contributed by atoms with Crippen LogP contribution in [-0.4, -0.2) is 20.6 Å². The van der Waals surface area contributed by atoms with Gasteiger partial charge in [0, 0.05) is 0 Å². The summed E-state index contributed by atoms with van der Waals surface area (Å²) in [7, 11) is 0. The second-order valence-corrected chi connectivity index (χ2v) is 4.81. The molecule has 0 fully saturated rings. The minimum absolute atomic E-state index is 0.164. The van der Waals surface area contributed by atoms with Gasteiger partial charge in [-0.05, 0) is 36.4 Å². The largest absolute Gasteiger partial charge is 0.478 e. The molecule has 0 unspecified atom stereocenters. The van der Waals surface area contributed by atoms with E-state index in [0.29, 0.717) is 27.3 Å². The number of aromatic carboxylic acids is 1. The molecule has 0 radical (unpaired) electrons. The van der Waals surface area contributed by atoms with Gasteiger partial charge in [0.25, 0.3) is 0 Å². The number of carbonyl (C=O) groups is 1. The molecule has 0 bridgehead atoms. The molecule has 0 amide bonds. The average molecular weight is 298 g/mol. The first-order valence-electron chi connectivity index (χ1n) is 6.00. The van der Waals surface area contributed by atoms with Crippen LogP contribution in [0.25, 0.3) is 16.7 Å². The van der Waals surface area contributed by atoms with Crippen molar-refractivity contribution in [2.24, 2.45) is 0 Å². The molecule has 3 aromatic rings. The van der Waals surface area contributed by atoms with E-state index in [-0.39, 0.29) is 5.56 Å². The van der Waals surface area contributed by atoms with E-state index in [1.54, 1.807) is 35.2 Å². The number of aromatic nitrogens is 2. The third-order valence-electron chi connectivity index (χ3n) is 3.13. The van der Waals surface area contributed by atoms with Crippen LogP contribution in [0.4, 0.5) is 0 Å². The van der Waals surface area contributed by atoms with Gasteiger partial charge in [0.2, 0.25) is 0 Å². The SMILES string of the molecule is N#Cc1ccc(Cl)c(-n2cnc3ccc(C(=O)O)cc32)c1. The number of imidazole rings is 1. The van der Waals surface area contributed by atoms with Crippen molar-refractivity contribution < 1.29 is 9.90 Å². The van der Waals surface area contributed by atoms with Crippen LogP contribution in [0.3, 0.4) is 0 Å². The molecule has 21 heavy (non-hydrogen) atoms. The van der Waals surface area contributed by atoms with Crippen molar-refractivity contribution in [3.63, 3.8) is 0 Å². The number of fused-ring (bicyclic) bond motifs is 1. The lowest BCUT2D eigenvalue weighted by Crippen LogP contribution is -1.98. The molecule has 0 saturated heterocycles. The topological polar surface area (TPSA) is 78.9 Å². The van der Waals surface area contributed by atoms with Crippen LogP contribution >= 0.6 is 11.6 Å². The minimum atomic E-state index is -1.01. The third kappa shape index (κ3) is 2.22. The van der Waals surface area contributed by atoms with E-state index >= 15 is 0 Å². The summed E-state index contributed by atoms with van der Waals surface area (Å²) in [5, 5.41) is 18.5. The molecule has 0 aliphatic heterocycles. The van der Waals surface area contributed by atoms with Crippen molar-refractivity contribution in [3.8, 4) is 11.8 Å². The van der Waals surface area contributed by atoms with Crippen molar-refractivity contribution in [1.29, 1.82) is 5.26 Å². The van der Waals surface area contributed by atoms with Gasteiger partial charge in [-0.15, -0.1) is 0 Å². The molecular formula is C15H8ClN3O2. The first kappa shape index (κ1) is 13.2. The fourth-order valence-electron chi connectivity index (χ4n) is 2.10. The maximum Gasteiger partial charge on any atom is 0.335 e. The summed E-state index contributed by atoms with van der Waals surface area (Å²) < 4.78 is 1.67. The molecule has 0 spiro atoms. The van der Waals surface area contributed by atoms with Crippen LogP contribution in [0.15, 0.2) is 42.7 Å². The van der Waals surface area contributed by atoms with Gasteiger partial charge in [0.15, 0.2) is 0 Å². The van der Waals surface area contributed by atoms with Crippen molar-refractivity contribution >= 4 is 28.6 Å². The Kier molecular flexibility index (Phi) is 3.09. The Morgan fingerprint density at radius 1 is 1.29 bits per heavy atom. The number of rotatable bonds is 2. The molecule has 1 N–H and O–H groups in total. The average Bonchev–Trinajstić information content (AvgIpc) is 2.90. The number of carboxylic acid groups (broad SMARTS) is 1. The van der Waals surface area contributed by atoms with E-state index in [9.17, 15) is 4.79 Å². The van der Waals surface area contributed by atoms with Crippen LogP contribution < -0.4 is 0 Å². The Balaban J connectivity index is 2.28. The number of nitriles is 1. The van der Waals surface area contributed by atoms with Gasteiger partial charge in [-0.3, -0.25) is 4.57 Å². The highest BCUT2D eigenvalue weighted by Gasteiger charge is 2.11. The van der Waals surface area contributed by atoms with Crippen molar-refractivity contribution in [2.45, 2.75) is 0 Å². The summed E-state index contributed by atoms with van der Waals surface area (Å²) in [5.41, 5.74) is 2.48. The lowest BCUT2D eigenvalue weighted by Gasteiger charge is -2.07. The fourth-order valence-corrected chi connectivity index (χ4v) is 2.31. The van der Waals surface area contributed by atoms with E-state index in [1.165, 1.54) is 12.1 Å². The maximum absolute atomic E-state index is 11.1. The molecule has 0 atom stereocenters. The zero-order valence-corrected chi connectivity index (χ0v) is 11.4. The molecule has 1 heterocycles. The van der Waals surface area contributed by atoms with Crippen LogP contribution in [-0.2, 0) is 0 Å². The van der Waals surface area contributed by atoms with Gasteiger partial charge in [0.05, 0.1) is 38.9 Å². The van der Waals surface area contributed by atoms with Gasteiger partial charge in [-0.2, -0.15) is 5.26 Å². The number of benzene rings is 2. The zero-order valence-electron chi connectivity index (χ0n) is 10.6. The molecule has 2 aromatic carbocycles. The molecule has 0 aliphatic rings. The van der Waals surface area contributed by atoms with Crippen LogP contribution in [0.1, 0.15) is 15.9 Å². The quantitative estimate of drug-likeness (QED) is 0.787. The summed E-state index contributed by atoms with van der Waals surface area (Å²) in [6.07, 6.45) is 1.55. The number of nitrogens with zero attached hydrogens (tertiary/aromatic N) is 3. The molecule has 6 heteroatoms. The van der Waals surface area contributed by atoms with E-state index in [4.69, 9.17) is 22.0 Å². The highest BCUT2D eigenvalue weighted by molar-refractivity contribution is 6.32. The van der Waals surface area contributed by atoms with Crippen LogP contribution in [0.2, 0.25) is 5.02 Å². The summed E-state index contributed by atoms with van der Waals surface area (Å²) in [6.45, 7) is 0. The van der Waals surface area contributed by atoms with E-state index in [2.05, 4.69) is 4.98 Å². The molecule has 102 valence electrons. The molecule has 3 rings (SSSR count). The second kappa shape index (κ2) is 4.93. The normalized spacial score (nSPS) is 10.5. The van der Waals surface area contributed by atoms with Gasteiger partial charge in [-0.25, -0.2) is 9.78 Å². The number of carboxylic acids is 1. The third-order valence-corrected chi connectivity index (χ3v) is 3.45. The predicted octanol–water partition coefficient (Wildman–Crippen LogP) is 3.25. The number of hydrogen-bond donors (Lipinski definition) is 1. The number of hydrogen-bond acceptors (Lipinski definition) is 3. The van der Waals surface area contributed by atoms with Crippen molar-refractivity contribution in [3.05, 3.63) is 58.9 Å². The molecule has 0 aliphatic carbocycles. The highest BCUT2D eigenvalue weighted by Crippen LogP contribution is 2.26. The summed E-state index contributed by atoms with van der Waals surface area (Å²) in [4.78, 5) is 15.3. The predicted molar refractivity (Wildman–Crippen MR) is 77.8 cm³/mol. The smallest absolute Gasteiger partial charge is 0.335 e. The van der Waals surface area contributed by atoms with E-state index in [0.717, 1.165) is 0 Å². The standard InChI is InChI=1S/C15H8ClN3O2/c16-11-3-1-9(7-17)5-13(11)19-8-18-12-4-2-10(15(20)21)6-14(12)19/h1-6,8H,(H,20,21). The fraction of sp³-hybridized carbons (Fsp3) is 0. The minimum Gasteiger partial charge on any atom is -0.478 e. The zero-order chi connectivity index (χ0) is 15.0. The summed E-state index contributed by atoms with van der Waals surface area (Å²) >= 11 is 6.17. The lowest BCUT2D eigenvalue weighted by atomic mass is 10.2.